The van der Waals surface area contributed by atoms with Gasteiger partial charge >= 0.3 is 11.7 Å². The molecule has 7 heteroatoms. The number of hydrogen-bond acceptors (Lipinski definition) is 3. The highest BCUT2D eigenvalue weighted by Crippen LogP contribution is 2.50. The fraction of sp³-hybridized carbons (Fsp3) is 0.0270. The van der Waals surface area contributed by atoms with Gasteiger partial charge in [-0.25, -0.2) is 4.98 Å². The molecule has 8 aromatic rings. The Kier molecular flexibility index (Phi) is 3.91. The molecule has 1 spiro atoms. The summed E-state index contributed by atoms with van der Waals surface area (Å²) in [6, 6.07) is 44.4. The minimum atomic E-state index is -0.884. The summed E-state index contributed by atoms with van der Waals surface area (Å²) in [7, 11) is 0. The average Bonchev–Trinajstić information content (AvgIpc) is 3.75. The van der Waals surface area contributed by atoms with Crippen molar-refractivity contribution in [2.75, 3.05) is 0 Å². The summed E-state index contributed by atoms with van der Waals surface area (Å²) in [6.45, 7) is 0. The van der Waals surface area contributed by atoms with Gasteiger partial charge in [0, 0.05) is 28.5 Å². The summed E-state index contributed by atoms with van der Waals surface area (Å²) in [4.78, 5) is 5.21. The van der Waals surface area contributed by atoms with Crippen LogP contribution in [-0.2, 0) is 5.79 Å². The molecule has 44 heavy (non-hydrogen) atoms. The molecule has 7 heterocycles. The number of ether oxygens (including phenoxy) is 1. The molecule has 1 atom stereocenters. The first kappa shape index (κ1) is 22.5. The van der Waals surface area contributed by atoms with E-state index in [0.717, 1.165) is 56.7 Å². The lowest BCUT2D eigenvalue weighted by atomic mass is 9.98. The Balaban J connectivity index is 1.25. The van der Waals surface area contributed by atoms with Crippen LogP contribution in [0, 0.1) is 0 Å². The van der Waals surface area contributed by atoms with Gasteiger partial charge in [-0.2, -0.15) is 4.57 Å². The van der Waals surface area contributed by atoms with E-state index in [9.17, 15) is 0 Å². The van der Waals surface area contributed by atoms with E-state index in [0.29, 0.717) is 5.82 Å². The highest BCUT2D eigenvalue weighted by Gasteiger charge is 2.69. The Labute approximate surface area is 251 Å². The van der Waals surface area contributed by atoms with Crippen LogP contribution < -0.4 is 13.9 Å². The van der Waals surface area contributed by atoms with Crippen molar-refractivity contribution in [1.82, 2.24) is 19.3 Å². The standard InChI is InChI=1S/C37H22N6O/c1-2-9-23(10-3-1)24-16-18-25(19-17-24)35-38-36-29-13-8-15-32-42(29)37(43(36)39-35)33-30(44-32)21-20-27-26-11-4-5-12-28(26)41(34(27)33)31-14-6-7-22-40(31)37/h1-22H/q+2. The number of nitrogens with zero attached hydrogens (tertiary/aromatic N) is 6. The van der Waals surface area contributed by atoms with E-state index in [1.54, 1.807) is 0 Å². The van der Waals surface area contributed by atoms with Crippen LogP contribution in [0.15, 0.2) is 134 Å². The van der Waals surface area contributed by atoms with Crippen molar-refractivity contribution in [1.29, 1.82) is 0 Å². The van der Waals surface area contributed by atoms with Crippen molar-refractivity contribution in [3.63, 3.8) is 0 Å². The smallest absolute Gasteiger partial charge is 0.404 e. The first-order valence-corrected chi connectivity index (χ1v) is 14.8. The number of benzene rings is 4. The van der Waals surface area contributed by atoms with Crippen molar-refractivity contribution < 1.29 is 13.9 Å². The van der Waals surface area contributed by atoms with Gasteiger partial charge in [0.05, 0.1) is 6.07 Å². The Morgan fingerprint density at radius 3 is 2.36 bits per heavy atom. The van der Waals surface area contributed by atoms with Gasteiger partial charge < -0.3 is 4.74 Å². The second-order valence-electron chi connectivity index (χ2n) is 11.6. The molecule has 4 aromatic heterocycles. The summed E-state index contributed by atoms with van der Waals surface area (Å²) < 4.78 is 15.7. The number of pyridine rings is 2. The molecule has 204 valence electrons. The summed E-state index contributed by atoms with van der Waals surface area (Å²) in [5, 5.41) is 7.73. The van der Waals surface area contributed by atoms with Gasteiger partial charge in [-0.1, -0.05) is 77.4 Å². The van der Waals surface area contributed by atoms with E-state index >= 15 is 0 Å². The Bertz CT molecular complexity index is 2530. The van der Waals surface area contributed by atoms with E-state index in [1.165, 1.54) is 16.3 Å². The molecule has 0 amide bonds. The first-order chi connectivity index (χ1) is 21.8. The molecule has 3 aliphatic heterocycles. The zero-order valence-electron chi connectivity index (χ0n) is 23.3. The molecule has 4 aromatic carbocycles. The van der Waals surface area contributed by atoms with Crippen LogP contribution in [0.3, 0.4) is 0 Å². The van der Waals surface area contributed by atoms with Gasteiger partial charge in [0.25, 0.3) is 11.5 Å². The number of fused-ring (bicyclic) bond motifs is 7. The molecule has 0 aliphatic carbocycles. The minimum absolute atomic E-state index is 0.690. The van der Waals surface area contributed by atoms with Crippen molar-refractivity contribution in [3.05, 3.63) is 139 Å². The molecule has 0 N–H and O–H groups in total. The number of para-hydroxylation sites is 1. The van der Waals surface area contributed by atoms with Crippen molar-refractivity contribution >= 4 is 21.8 Å². The molecule has 11 rings (SSSR count). The highest BCUT2D eigenvalue weighted by molar-refractivity contribution is 6.11. The summed E-state index contributed by atoms with van der Waals surface area (Å²) in [6.07, 6.45) is 2.15. The number of hydrogen-bond donors (Lipinski definition) is 0. The lowest BCUT2D eigenvalue weighted by Crippen LogP contribution is -2.79. The van der Waals surface area contributed by atoms with E-state index in [4.69, 9.17) is 14.8 Å². The minimum Gasteiger partial charge on any atom is -0.404 e. The maximum Gasteiger partial charge on any atom is 0.453 e. The van der Waals surface area contributed by atoms with Gasteiger partial charge in [-0.05, 0) is 47.5 Å². The van der Waals surface area contributed by atoms with Gasteiger partial charge in [0.2, 0.25) is 5.82 Å². The van der Waals surface area contributed by atoms with E-state index in [1.807, 2.05) is 18.2 Å². The lowest BCUT2D eigenvalue weighted by Gasteiger charge is -2.32. The molecule has 0 saturated heterocycles. The molecular formula is C37H22N6O+2. The Morgan fingerprint density at radius 1 is 0.659 bits per heavy atom. The second kappa shape index (κ2) is 7.65. The fourth-order valence-corrected chi connectivity index (χ4v) is 7.65. The predicted octanol–water partition coefficient (Wildman–Crippen LogP) is 6.44. The molecular weight excluding hydrogens is 544 g/mol. The predicted molar refractivity (Wildman–Crippen MR) is 165 cm³/mol. The summed E-state index contributed by atoms with van der Waals surface area (Å²) >= 11 is 0. The molecule has 3 aliphatic rings. The van der Waals surface area contributed by atoms with Gasteiger partial charge in [0.15, 0.2) is 22.7 Å². The maximum absolute atomic E-state index is 6.68. The topological polar surface area (TPSA) is 52.6 Å². The quantitative estimate of drug-likeness (QED) is 0.226. The van der Waals surface area contributed by atoms with E-state index < -0.39 is 5.79 Å². The molecule has 7 nitrogen and oxygen atoms in total. The van der Waals surface area contributed by atoms with Crippen LogP contribution in [0.2, 0.25) is 0 Å². The van der Waals surface area contributed by atoms with Gasteiger partial charge in [0.1, 0.15) is 11.7 Å². The Hall–Kier alpha value is -6.08. The third kappa shape index (κ3) is 2.48. The number of aromatic nitrogens is 6. The maximum atomic E-state index is 6.68. The third-order valence-corrected chi connectivity index (χ3v) is 9.40. The first-order valence-electron chi connectivity index (χ1n) is 14.8. The molecule has 0 saturated carbocycles. The van der Waals surface area contributed by atoms with Crippen molar-refractivity contribution in [2.24, 2.45) is 0 Å². The zero-order chi connectivity index (χ0) is 28.6. The SMILES string of the molecule is c1ccc(-c2ccc(-c3nc4n(n3)C35c6c(ccc7c8ccccc8n(c67)-c6cccc[n+]63)Oc3cccc-4[n+]35)cc2)cc1. The molecule has 0 radical (unpaired) electrons. The molecule has 0 fully saturated rings. The zero-order valence-corrected chi connectivity index (χ0v) is 23.3. The monoisotopic (exact) mass is 566 g/mol. The fourth-order valence-electron chi connectivity index (χ4n) is 7.65. The molecule has 0 bridgehead atoms. The summed E-state index contributed by atoms with van der Waals surface area (Å²) in [5.41, 5.74) is 7.61. The van der Waals surface area contributed by atoms with Gasteiger partial charge in [-0.15, -0.1) is 14.3 Å². The highest BCUT2D eigenvalue weighted by atomic mass is 16.5. The van der Waals surface area contributed by atoms with Crippen LogP contribution in [0.1, 0.15) is 5.56 Å². The van der Waals surface area contributed by atoms with Crippen LogP contribution in [-0.4, -0.2) is 19.3 Å². The molecule has 1 unspecified atom stereocenters. The van der Waals surface area contributed by atoms with Crippen molar-refractivity contribution in [3.8, 4) is 51.5 Å². The van der Waals surface area contributed by atoms with E-state index in [-0.39, 0.29) is 0 Å². The van der Waals surface area contributed by atoms with Crippen LogP contribution >= 0.6 is 0 Å². The van der Waals surface area contributed by atoms with Crippen molar-refractivity contribution in [2.45, 2.75) is 5.79 Å². The van der Waals surface area contributed by atoms with Crippen LogP contribution in [0.25, 0.3) is 61.7 Å². The summed E-state index contributed by atoms with van der Waals surface area (Å²) in [5.74, 6) is 3.23. The van der Waals surface area contributed by atoms with Crippen LogP contribution in [0.5, 0.6) is 11.6 Å². The average molecular weight is 567 g/mol. The lowest BCUT2D eigenvalue weighted by molar-refractivity contribution is -0.981. The number of rotatable bonds is 2. The van der Waals surface area contributed by atoms with Gasteiger partial charge in [-0.3, -0.25) is 0 Å². The largest absolute Gasteiger partial charge is 0.453 e. The third-order valence-electron chi connectivity index (χ3n) is 9.40. The normalized spacial score (nSPS) is 16.5. The van der Waals surface area contributed by atoms with Crippen LogP contribution in [0.4, 0.5) is 0 Å². The van der Waals surface area contributed by atoms with E-state index in [2.05, 4.69) is 134 Å². The Morgan fingerprint density at radius 2 is 1.45 bits per heavy atom. The second-order valence-corrected chi connectivity index (χ2v) is 11.6.